The molecule has 7 nitrogen and oxygen atoms in total. The Kier molecular flexibility index (Phi) is 3.15. The molecule has 1 aliphatic rings. The van der Waals surface area contributed by atoms with Crippen molar-refractivity contribution in [3.05, 3.63) is 52.1 Å². The third kappa shape index (κ3) is 2.48. The normalized spacial score (nSPS) is 12.0. The van der Waals surface area contributed by atoms with E-state index < -0.39 is 4.92 Å². The van der Waals surface area contributed by atoms with E-state index in [1.165, 1.54) is 18.2 Å². The van der Waals surface area contributed by atoms with Gasteiger partial charge in [0.05, 0.1) is 16.6 Å². The van der Waals surface area contributed by atoms with Gasteiger partial charge in [0.2, 0.25) is 6.79 Å². The number of hydrogen-bond acceptors (Lipinski definition) is 6. The quantitative estimate of drug-likeness (QED) is 0.488. The maximum absolute atomic E-state index is 10.9. The van der Waals surface area contributed by atoms with Crippen LogP contribution in [0.1, 0.15) is 10.4 Å². The molecular formula is C14H9NO6. The van der Waals surface area contributed by atoms with E-state index in [2.05, 4.69) is 0 Å². The average molecular weight is 287 g/mol. The van der Waals surface area contributed by atoms with Gasteiger partial charge in [-0.05, 0) is 24.3 Å². The summed E-state index contributed by atoms with van der Waals surface area (Å²) in [5, 5.41) is 10.9. The molecular weight excluding hydrogens is 278 g/mol. The second-order valence-electron chi connectivity index (χ2n) is 4.21. The van der Waals surface area contributed by atoms with Gasteiger partial charge in [-0.25, -0.2) is 0 Å². The minimum absolute atomic E-state index is 0.00182. The van der Waals surface area contributed by atoms with E-state index in [9.17, 15) is 14.9 Å². The van der Waals surface area contributed by atoms with Crippen LogP contribution in [0.15, 0.2) is 36.4 Å². The number of hydrogen-bond donors (Lipinski definition) is 0. The molecule has 0 atom stereocenters. The van der Waals surface area contributed by atoms with Crippen LogP contribution in [0, 0.1) is 10.1 Å². The highest BCUT2D eigenvalue weighted by Gasteiger charge is 2.17. The Hall–Kier alpha value is -3.09. The molecule has 106 valence electrons. The molecule has 0 aliphatic carbocycles. The Bertz CT molecular complexity index is 727. The SMILES string of the molecule is O=Cc1ccc(Oc2ccc3c(c2)OCO3)cc1[N+](=O)[O-]. The average Bonchev–Trinajstić information content (AvgIpc) is 2.94. The molecule has 21 heavy (non-hydrogen) atoms. The maximum atomic E-state index is 10.9. The summed E-state index contributed by atoms with van der Waals surface area (Å²) in [5.74, 6) is 1.87. The Morgan fingerprint density at radius 1 is 1.10 bits per heavy atom. The first-order chi connectivity index (χ1) is 10.2. The van der Waals surface area contributed by atoms with Crippen LogP contribution < -0.4 is 14.2 Å². The van der Waals surface area contributed by atoms with E-state index in [0.29, 0.717) is 23.5 Å². The van der Waals surface area contributed by atoms with Crippen LogP contribution >= 0.6 is 0 Å². The molecule has 0 aromatic heterocycles. The van der Waals surface area contributed by atoms with Gasteiger partial charge in [0.25, 0.3) is 5.69 Å². The van der Waals surface area contributed by atoms with Gasteiger partial charge < -0.3 is 14.2 Å². The number of fused-ring (bicyclic) bond motifs is 1. The fourth-order valence-corrected chi connectivity index (χ4v) is 1.92. The summed E-state index contributed by atoms with van der Waals surface area (Å²) in [6.45, 7) is 0.151. The number of aldehydes is 1. The van der Waals surface area contributed by atoms with Crippen molar-refractivity contribution in [2.75, 3.05) is 6.79 Å². The van der Waals surface area contributed by atoms with Crippen LogP contribution in [0.5, 0.6) is 23.0 Å². The highest BCUT2D eigenvalue weighted by Crippen LogP contribution is 2.37. The summed E-state index contributed by atoms with van der Waals surface area (Å²) >= 11 is 0. The zero-order valence-corrected chi connectivity index (χ0v) is 10.6. The van der Waals surface area contributed by atoms with Crippen molar-refractivity contribution >= 4 is 12.0 Å². The zero-order chi connectivity index (χ0) is 14.8. The van der Waals surface area contributed by atoms with Gasteiger partial charge in [-0.1, -0.05) is 0 Å². The fraction of sp³-hybridized carbons (Fsp3) is 0.0714. The van der Waals surface area contributed by atoms with Crippen LogP contribution in [0.2, 0.25) is 0 Å². The van der Waals surface area contributed by atoms with Crippen LogP contribution in [0.25, 0.3) is 0 Å². The number of benzene rings is 2. The maximum Gasteiger partial charge on any atom is 0.283 e. The van der Waals surface area contributed by atoms with Gasteiger partial charge in [0, 0.05) is 6.07 Å². The molecule has 1 heterocycles. The molecule has 0 amide bonds. The smallest absolute Gasteiger partial charge is 0.283 e. The van der Waals surface area contributed by atoms with Crippen LogP contribution in [-0.4, -0.2) is 18.0 Å². The zero-order valence-electron chi connectivity index (χ0n) is 10.6. The predicted molar refractivity (Wildman–Crippen MR) is 71.1 cm³/mol. The first-order valence-electron chi connectivity index (χ1n) is 5.98. The third-order valence-electron chi connectivity index (χ3n) is 2.91. The Morgan fingerprint density at radius 2 is 1.81 bits per heavy atom. The molecule has 1 aliphatic heterocycles. The number of ether oxygens (including phenoxy) is 3. The van der Waals surface area contributed by atoms with Gasteiger partial charge in [-0.3, -0.25) is 14.9 Å². The van der Waals surface area contributed by atoms with Gasteiger partial charge in [-0.15, -0.1) is 0 Å². The number of nitro benzene ring substituents is 1. The fourth-order valence-electron chi connectivity index (χ4n) is 1.92. The van der Waals surface area contributed by atoms with Gasteiger partial charge in [0.15, 0.2) is 17.8 Å². The minimum Gasteiger partial charge on any atom is -0.457 e. The summed E-state index contributed by atoms with van der Waals surface area (Å²) in [7, 11) is 0. The van der Waals surface area contributed by atoms with E-state index in [-0.39, 0.29) is 23.8 Å². The lowest BCUT2D eigenvalue weighted by atomic mass is 10.2. The first kappa shape index (κ1) is 12.9. The monoisotopic (exact) mass is 287 g/mol. The lowest BCUT2D eigenvalue weighted by Crippen LogP contribution is -1.95. The number of carbonyl (C=O) groups excluding carboxylic acids is 1. The van der Waals surface area contributed by atoms with Crippen molar-refractivity contribution < 1.29 is 23.9 Å². The summed E-state index contributed by atoms with van der Waals surface area (Å²) in [5.41, 5.74) is -0.304. The van der Waals surface area contributed by atoms with Crippen molar-refractivity contribution in [1.29, 1.82) is 0 Å². The molecule has 0 spiro atoms. The molecule has 3 rings (SSSR count). The molecule has 0 saturated heterocycles. The number of nitrogens with zero attached hydrogens (tertiary/aromatic N) is 1. The second kappa shape index (κ2) is 5.12. The Labute approximate surface area is 118 Å². The molecule has 2 aromatic rings. The van der Waals surface area contributed by atoms with E-state index in [0.717, 1.165) is 0 Å². The summed E-state index contributed by atoms with van der Waals surface area (Å²) in [6.07, 6.45) is 0.433. The highest BCUT2D eigenvalue weighted by molar-refractivity contribution is 5.81. The molecule has 0 radical (unpaired) electrons. The van der Waals surface area contributed by atoms with Crippen LogP contribution in [-0.2, 0) is 0 Å². The molecule has 2 aromatic carbocycles. The van der Waals surface area contributed by atoms with Crippen molar-refractivity contribution in [1.82, 2.24) is 0 Å². The molecule has 0 N–H and O–H groups in total. The largest absolute Gasteiger partial charge is 0.457 e. The van der Waals surface area contributed by atoms with Crippen molar-refractivity contribution in [2.45, 2.75) is 0 Å². The molecule has 0 saturated carbocycles. The van der Waals surface area contributed by atoms with Crippen molar-refractivity contribution in [3.63, 3.8) is 0 Å². The summed E-state index contributed by atoms with van der Waals surface area (Å²) < 4.78 is 15.9. The third-order valence-corrected chi connectivity index (χ3v) is 2.91. The Balaban J connectivity index is 1.89. The van der Waals surface area contributed by atoms with E-state index in [4.69, 9.17) is 14.2 Å². The predicted octanol–water partition coefficient (Wildman–Crippen LogP) is 2.93. The van der Waals surface area contributed by atoms with Gasteiger partial charge in [-0.2, -0.15) is 0 Å². The van der Waals surface area contributed by atoms with Crippen molar-refractivity contribution in [2.24, 2.45) is 0 Å². The summed E-state index contributed by atoms with van der Waals surface area (Å²) in [4.78, 5) is 21.0. The number of carbonyl (C=O) groups is 1. The summed E-state index contributed by atoms with van der Waals surface area (Å²) in [6, 6.07) is 9.00. The van der Waals surface area contributed by atoms with Crippen LogP contribution in [0.4, 0.5) is 5.69 Å². The molecule has 0 fully saturated rings. The van der Waals surface area contributed by atoms with Crippen LogP contribution in [0.3, 0.4) is 0 Å². The van der Waals surface area contributed by atoms with Crippen molar-refractivity contribution in [3.8, 4) is 23.0 Å². The molecule has 7 heteroatoms. The van der Waals surface area contributed by atoms with E-state index in [1.807, 2.05) is 0 Å². The van der Waals surface area contributed by atoms with Gasteiger partial charge in [0.1, 0.15) is 11.5 Å². The molecule has 0 unspecified atom stereocenters. The minimum atomic E-state index is -0.629. The lowest BCUT2D eigenvalue weighted by molar-refractivity contribution is -0.385. The standard InChI is InChI=1S/C14H9NO6/c16-7-9-1-2-10(5-12(9)15(17)18)21-11-3-4-13-14(6-11)20-8-19-13/h1-7H,8H2. The number of nitro groups is 1. The first-order valence-corrected chi connectivity index (χ1v) is 5.98. The second-order valence-corrected chi connectivity index (χ2v) is 4.21. The number of rotatable bonds is 4. The lowest BCUT2D eigenvalue weighted by Gasteiger charge is -2.07. The highest BCUT2D eigenvalue weighted by atomic mass is 16.7. The Morgan fingerprint density at radius 3 is 2.57 bits per heavy atom. The van der Waals surface area contributed by atoms with E-state index >= 15 is 0 Å². The van der Waals surface area contributed by atoms with Gasteiger partial charge >= 0.3 is 0 Å². The van der Waals surface area contributed by atoms with E-state index in [1.54, 1.807) is 18.2 Å². The molecule has 0 bridgehead atoms. The topological polar surface area (TPSA) is 87.9 Å².